The number of nitrogens with zero attached hydrogens (tertiary/aromatic N) is 1. The molecule has 0 aliphatic carbocycles. The second kappa shape index (κ2) is 8.88. The van der Waals surface area contributed by atoms with Crippen molar-refractivity contribution in [3.8, 4) is 0 Å². The SMILES string of the molecule is CCOCCS(=O)(=O)NCC(=O)N(CC(=O)O)C(C)C. The van der Waals surface area contributed by atoms with E-state index >= 15 is 0 Å². The van der Waals surface area contributed by atoms with E-state index in [1.54, 1.807) is 20.8 Å². The molecule has 0 aromatic rings. The van der Waals surface area contributed by atoms with Gasteiger partial charge in [-0.25, -0.2) is 13.1 Å². The van der Waals surface area contributed by atoms with Gasteiger partial charge >= 0.3 is 5.97 Å². The third-order valence-electron chi connectivity index (χ3n) is 2.39. The van der Waals surface area contributed by atoms with E-state index in [-0.39, 0.29) is 18.4 Å². The Hall–Kier alpha value is -1.19. The van der Waals surface area contributed by atoms with Crippen molar-refractivity contribution < 1.29 is 27.9 Å². The summed E-state index contributed by atoms with van der Waals surface area (Å²) in [6, 6.07) is -0.327. The normalized spacial score (nSPS) is 11.6. The van der Waals surface area contributed by atoms with E-state index in [1.165, 1.54) is 0 Å². The largest absolute Gasteiger partial charge is 0.480 e. The van der Waals surface area contributed by atoms with Gasteiger partial charge in [0.2, 0.25) is 15.9 Å². The van der Waals surface area contributed by atoms with Gasteiger partial charge in [0.1, 0.15) is 6.54 Å². The number of hydrogen-bond acceptors (Lipinski definition) is 5. The second-order valence-electron chi connectivity index (χ2n) is 4.35. The number of nitrogens with one attached hydrogen (secondary N) is 1. The molecule has 0 saturated carbocycles. The molecule has 0 atom stereocenters. The molecule has 0 heterocycles. The van der Waals surface area contributed by atoms with Gasteiger partial charge in [0.05, 0.1) is 18.9 Å². The van der Waals surface area contributed by atoms with Crippen LogP contribution in [0, 0.1) is 0 Å². The minimum atomic E-state index is -3.61. The Labute approximate surface area is 119 Å². The maximum absolute atomic E-state index is 11.8. The molecule has 0 radical (unpaired) electrons. The van der Waals surface area contributed by atoms with Gasteiger partial charge in [-0.1, -0.05) is 0 Å². The van der Waals surface area contributed by atoms with E-state index in [0.717, 1.165) is 4.90 Å². The van der Waals surface area contributed by atoms with Crippen LogP contribution in [0.25, 0.3) is 0 Å². The highest BCUT2D eigenvalue weighted by Gasteiger charge is 2.21. The van der Waals surface area contributed by atoms with E-state index in [9.17, 15) is 18.0 Å². The van der Waals surface area contributed by atoms with Crippen LogP contribution in [-0.2, 0) is 24.3 Å². The predicted molar refractivity (Wildman–Crippen MR) is 72.8 cm³/mol. The Balaban J connectivity index is 4.40. The average Bonchev–Trinajstić information content (AvgIpc) is 2.33. The van der Waals surface area contributed by atoms with Crippen molar-refractivity contribution in [2.75, 3.05) is 32.1 Å². The summed E-state index contributed by atoms with van der Waals surface area (Å²) in [7, 11) is -3.61. The molecule has 0 aliphatic heterocycles. The van der Waals surface area contributed by atoms with Crippen LogP contribution < -0.4 is 4.72 Å². The summed E-state index contributed by atoms with van der Waals surface area (Å²) in [6.07, 6.45) is 0. The number of sulfonamides is 1. The number of carboxylic acid groups (broad SMARTS) is 1. The Morgan fingerprint density at radius 2 is 1.95 bits per heavy atom. The molecular formula is C11H22N2O6S. The van der Waals surface area contributed by atoms with E-state index in [1.807, 2.05) is 0 Å². The van der Waals surface area contributed by atoms with Gasteiger partial charge in [-0.15, -0.1) is 0 Å². The molecule has 0 spiro atoms. The zero-order valence-corrected chi connectivity index (χ0v) is 12.8. The molecule has 0 fully saturated rings. The van der Waals surface area contributed by atoms with Crippen LogP contribution in [0.15, 0.2) is 0 Å². The van der Waals surface area contributed by atoms with Crippen molar-refractivity contribution >= 4 is 21.9 Å². The number of rotatable bonds is 10. The highest BCUT2D eigenvalue weighted by molar-refractivity contribution is 7.89. The average molecular weight is 310 g/mol. The molecule has 0 saturated heterocycles. The molecule has 118 valence electrons. The minimum Gasteiger partial charge on any atom is -0.480 e. The molecule has 9 heteroatoms. The second-order valence-corrected chi connectivity index (χ2v) is 6.27. The first-order chi connectivity index (χ1) is 9.19. The zero-order valence-electron chi connectivity index (χ0n) is 12.0. The summed E-state index contributed by atoms with van der Waals surface area (Å²) in [4.78, 5) is 23.5. The van der Waals surface area contributed by atoms with Crippen LogP contribution in [0.4, 0.5) is 0 Å². The van der Waals surface area contributed by atoms with Crippen LogP contribution in [-0.4, -0.2) is 68.4 Å². The van der Waals surface area contributed by atoms with Crippen LogP contribution in [0.5, 0.6) is 0 Å². The van der Waals surface area contributed by atoms with Crippen molar-refractivity contribution in [3.05, 3.63) is 0 Å². The lowest BCUT2D eigenvalue weighted by atomic mass is 10.3. The molecule has 1 amide bonds. The van der Waals surface area contributed by atoms with Crippen molar-refractivity contribution in [2.24, 2.45) is 0 Å². The third-order valence-corrected chi connectivity index (χ3v) is 3.68. The lowest BCUT2D eigenvalue weighted by Crippen LogP contribution is -2.46. The fourth-order valence-electron chi connectivity index (χ4n) is 1.36. The maximum atomic E-state index is 11.8. The monoisotopic (exact) mass is 310 g/mol. The highest BCUT2D eigenvalue weighted by Crippen LogP contribution is 1.99. The van der Waals surface area contributed by atoms with Crippen molar-refractivity contribution in [1.29, 1.82) is 0 Å². The van der Waals surface area contributed by atoms with Gasteiger partial charge in [-0.05, 0) is 20.8 Å². The molecule has 0 bridgehead atoms. The summed E-state index contributed by atoms with van der Waals surface area (Å²) < 4.78 is 30.1. The van der Waals surface area contributed by atoms with Gasteiger partial charge in [0, 0.05) is 12.6 Å². The molecule has 0 aromatic heterocycles. The Morgan fingerprint density at radius 3 is 2.40 bits per heavy atom. The first-order valence-electron chi connectivity index (χ1n) is 6.26. The van der Waals surface area contributed by atoms with Crippen molar-refractivity contribution in [2.45, 2.75) is 26.8 Å². The Kier molecular flexibility index (Phi) is 8.35. The molecule has 0 rings (SSSR count). The molecular weight excluding hydrogens is 288 g/mol. The smallest absolute Gasteiger partial charge is 0.323 e. The zero-order chi connectivity index (χ0) is 15.8. The number of amides is 1. The van der Waals surface area contributed by atoms with Crippen LogP contribution in [0.2, 0.25) is 0 Å². The van der Waals surface area contributed by atoms with Crippen LogP contribution in [0.1, 0.15) is 20.8 Å². The number of aliphatic carboxylic acids is 1. The van der Waals surface area contributed by atoms with Crippen molar-refractivity contribution in [1.82, 2.24) is 9.62 Å². The summed E-state index contributed by atoms with van der Waals surface area (Å²) in [5, 5.41) is 8.70. The van der Waals surface area contributed by atoms with Crippen LogP contribution in [0.3, 0.4) is 0 Å². The number of carbonyl (C=O) groups excluding carboxylic acids is 1. The van der Waals surface area contributed by atoms with Gasteiger partial charge in [-0.3, -0.25) is 9.59 Å². The molecule has 8 nitrogen and oxygen atoms in total. The van der Waals surface area contributed by atoms with E-state index in [2.05, 4.69) is 4.72 Å². The van der Waals surface area contributed by atoms with Gasteiger partial charge in [-0.2, -0.15) is 0 Å². The number of hydrogen-bond donors (Lipinski definition) is 2. The van der Waals surface area contributed by atoms with E-state index < -0.39 is 35.0 Å². The maximum Gasteiger partial charge on any atom is 0.323 e. The molecule has 0 unspecified atom stereocenters. The fraction of sp³-hybridized carbons (Fsp3) is 0.818. The molecule has 0 aromatic carbocycles. The minimum absolute atomic E-state index is 0.0447. The molecule has 20 heavy (non-hydrogen) atoms. The highest BCUT2D eigenvalue weighted by atomic mass is 32.2. The van der Waals surface area contributed by atoms with Gasteiger partial charge in [0.15, 0.2) is 0 Å². The summed E-state index contributed by atoms with van der Waals surface area (Å²) in [5.74, 6) is -1.97. The molecule has 0 aliphatic rings. The topological polar surface area (TPSA) is 113 Å². The Bertz CT molecular complexity index is 421. The predicted octanol–water partition coefficient (Wildman–Crippen LogP) is -0.736. The fourth-order valence-corrected chi connectivity index (χ4v) is 2.19. The Morgan fingerprint density at radius 1 is 1.35 bits per heavy atom. The van der Waals surface area contributed by atoms with Crippen molar-refractivity contribution in [3.63, 3.8) is 0 Å². The molecule has 2 N–H and O–H groups in total. The summed E-state index contributed by atoms with van der Waals surface area (Å²) in [6.45, 7) is 4.60. The quantitative estimate of drug-likeness (QED) is 0.514. The first-order valence-corrected chi connectivity index (χ1v) is 7.91. The lowest BCUT2D eigenvalue weighted by Gasteiger charge is -2.24. The van der Waals surface area contributed by atoms with Gasteiger partial charge in [0.25, 0.3) is 0 Å². The first kappa shape index (κ1) is 18.8. The number of carbonyl (C=O) groups is 2. The number of carboxylic acids is 1. The van der Waals surface area contributed by atoms with E-state index in [0.29, 0.717) is 6.61 Å². The van der Waals surface area contributed by atoms with Gasteiger partial charge < -0.3 is 14.7 Å². The van der Waals surface area contributed by atoms with E-state index in [4.69, 9.17) is 9.84 Å². The van der Waals surface area contributed by atoms with Crippen LogP contribution >= 0.6 is 0 Å². The summed E-state index contributed by atoms with van der Waals surface area (Å²) in [5.41, 5.74) is 0. The number of ether oxygens (including phenoxy) is 1. The summed E-state index contributed by atoms with van der Waals surface area (Å²) >= 11 is 0. The standard InChI is InChI=1S/C11H22N2O6S/c1-4-19-5-6-20(17,18)12-7-10(14)13(9(2)3)8-11(15)16/h9,12H,4-8H2,1-3H3,(H,15,16). The third kappa shape index (κ3) is 8.08. The lowest BCUT2D eigenvalue weighted by molar-refractivity contribution is -0.145.